The van der Waals surface area contributed by atoms with Crippen LogP contribution in [0.3, 0.4) is 0 Å². The van der Waals surface area contributed by atoms with Crippen LogP contribution in [0.25, 0.3) is 10.1 Å². The first-order chi connectivity index (χ1) is 11.9. The summed E-state index contributed by atoms with van der Waals surface area (Å²) in [7, 11) is 0. The number of carbonyl (C=O) groups excluding carboxylic acids is 1. The van der Waals surface area contributed by atoms with Gasteiger partial charge in [0.1, 0.15) is 0 Å². The lowest BCUT2D eigenvalue weighted by molar-refractivity contribution is -0.137. The standard InChI is InChI=1S/C19H12F3NOS/c20-19(21,22)14-7-3-5-13(11-14)6-4-10-23-18(24)16-12-25-17-9-2-1-8-15(16)17/h1-3,5,7-9,11-12H,10H2,(H,23,24). The van der Waals surface area contributed by atoms with Crippen molar-refractivity contribution in [3.05, 3.63) is 70.6 Å². The van der Waals surface area contributed by atoms with Gasteiger partial charge in [-0.3, -0.25) is 4.79 Å². The second kappa shape index (κ2) is 6.99. The highest BCUT2D eigenvalue weighted by molar-refractivity contribution is 7.17. The predicted octanol–water partition coefficient (Wildman–Crippen LogP) is 4.70. The van der Waals surface area contributed by atoms with Crippen LogP contribution in [0.15, 0.2) is 53.9 Å². The highest BCUT2D eigenvalue weighted by Crippen LogP contribution is 2.29. The van der Waals surface area contributed by atoms with Gasteiger partial charge in [0.25, 0.3) is 5.91 Å². The number of nitrogens with one attached hydrogen (secondary N) is 1. The van der Waals surface area contributed by atoms with Crippen molar-refractivity contribution >= 4 is 27.3 Å². The highest BCUT2D eigenvalue weighted by Gasteiger charge is 2.30. The van der Waals surface area contributed by atoms with Gasteiger partial charge in [0, 0.05) is 21.0 Å². The maximum atomic E-state index is 12.6. The van der Waals surface area contributed by atoms with E-state index in [1.807, 2.05) is 24.3 Å². The van der Waals surface area contributed by atoms with Crippen molar-refractivity contribution in [3.63, 3.8) is 0 Å². The van der Waals surface area contributed by atoms with Gasteiger partial charge in [-0.2, -0.15) is 13.2 Å². The normalized spacial score (nSPS) is 11.0. The lowest BCUT2D eigenvalue weighted by atomic mass is 10.1. The number of thiophene rings is 1. The van der Waals surface area contributed by atoms with Crippen molar-refractivity contribution in [2.45, 2.75) is 6.18 Å². The molecule has 1 aromatic heterocycles. The van der Waals surface area contributed by atoms with Crippen molar-refractivity contribution in [1.29, 1.82) is 0 Å². The third kappa shape index (κ3) is 4.01. The molecular weight excluding hydrogens is 347 g/mol. The molecular formula is C19H12F3NOS. The van der Waals surface area contributed by atoms with E-state index in [9.17, 15) is 18.0 Å². The molecule has 0 aliphatic rings. The molecule has 0 aliphatic carbocycles. The van der Waals surface area contributed by atoms with Gasteiger partial charge in [-0.1, -0.05) is 36.1 Å². The maximum absolute atomic E-state index is 12.6. The van der Waals surface area contributed by atoms with Gasteiger partial charge in [-0.05, 0) is 24.3 Å². The number of alkyl halides is 3. The number of amides is 1. The van der Waals surface area contributed by atoms with Crippen molar-refractivity contribution in [2.75, 3.05) is 6.54 Å². The first kappa shape index (κ1) is 17.1. The molecule has 3 rings (SSSR count). The predicted molar refractivity (Wildman–Crippen MR) is 92.5 cm³/mol. The van der Waals surface area contributed by atoms with Gasteiger partial charge in [0.15, 0.2) is 0 Å². The average molecular weight is 359 g/mol. The van der Waals surface area contributed by atoms with Crippen LogP contribution in [0.2, 0.25) is 0 Å². The van der Waals surface area contributed by atoms with Gasteiger partial charge in [-0.25, -0.2) is 0 Å². The highest BCUT2D eigenvalue weighted by atomic mass is 32.1. The molecule has 126 valence electrons. The zero-order valence-corrected chi connectivity index (χ0v) is 13.7. The Morgan fingerprint density at radius 3 is 2.72 bits per heavy atom. The third-order valence-electron chi connectivity index (χ3n) is 3.49. The Labute approximate surface area is 146 Å². The van der Waals surface area contributed by atoms with Crippen LogP contribution >= 0.6 is 11.3 Å². The first-order valence-electron chi connectivity index (χ1n) is 7.36. The summed E-state index contributed by atoms with van der Waals surface area (Å²) in [5.41, 5.74) is 0.0830. The Balaban J connectivity index is 1.66. The van der Waals surface area contributed by atoms with Gasteiger partial charge in [0.05, 0.1) is 17.7 Å². The van der Waals surface area contributed by atoms with Crippen molar-refractivity contribution in [1.82, 2.24) is 5.32 Å². The Bertz CT molecular complexity index is 979. The first-order valence-corrected chi connectivity index (χ1v) is 8.24. The van der Waals surface area contributed by atoms with E-state index in [4.69, 9.17) is 0 Å². The summed E-state index contributed by atoms with van der Waals surface area (Å²) in [5.74, 6) is 5.05. The monoisotopic (exact) mass is 359 g/mol. The molecule has 0 fully saturated rings. The van der Waals surface area contributed by atoms with Crippen molar-refractivity contribution in [3.8, 4) is 11.8 Å². The largest absolute Gasteiger partial charge is 0.416 e. The van der Waals surface area contributed by atoms with E-state index in [1.54, 1.807) is 5.38 Å². The van der Waals surface area contributed by atoms with Crippen LogP contribution in [-0.4, -0.2) is 12.5 Å². The summed E-state index contributed by atoms with van der Waals surface area (Å²) in [6.07, 6.45) is -4.40. The van der Waals surface area contributed by atoms with Crippen molar-refractivity contribution in [2.24, 2.45) is 0 Å². The smallest absolute Gasteiger partial charge is 0.341 e. The fourth-order valence-electron chi connectivity index (χ4n) is 2.29. The minimum absolute atomic E-state index is 0.0548. The minimum Gasteiger partial charge on any atom is -0.341 e. The number of halogens is 3. The molecule has 1 N–H and O–H groups in total. The van der Waals surface area contributed by atoms with Gasteiger partial charge in [0.2, 0.25) is 0 Å². The summed E-state index contributed by atoms with van der Waals surface area (Å²) >= 11 is 1.48. The summed E-state index contributed by atoms with van der Waals surface area (Å²) < 4.78 is 38.9. The molecule has 1 amide bonds. The zero-order valence-electron chi connectivity index (χ0n) is 12.9. The summed E-state index contributed by atoms with van der Waals surface area (Å²) in [5, 5.41) is 5.31. The number of benzene rings is 2. The molecule has 6 heteroatoms. The SMILES string of the molecule is O=C(NCC#Cc1cccc(C(F)(F)F)c1)c1csc2ccccc12. The molecule has 0 radical (unpaired) electrons. The average Bonchev–Trinajstić information content (AvgIpc) is 3.02. The molecule has 0 saturated carbocycles. The molecule has 2 aromatic carbocycles. The van der Waals surface area contributed by atoms with Crippen molar-refractivity contribution < 1.29 is 18.0 Å². The molecule has 25 heavy (non-hydrogen) atoms. The fraction of sp³-hybridized carbons (Fsp3) is 0.105. The second-order valence-electron chi connectivity index (χ2n) is 5.21. The van der Waals surface area contributed by atoms with Crippen LogP contribution in [0.1, 0.15) is 21.5 Å². The molecule has 0 unspecified atom stereocenters. The van der Waals surface area contributed by atoms with Gasteiger partial charge in [-0.15, -0.1) is 11.3 Å². The summed E-state index contributed by atoms with van der Waals surface area (Å²) in [6, 6.07) is 12.4. The fourth-order valence-corrected chi connectivity index (χ4v) is 3.23. The van der Waals surface area contributed by atoms with E-state index in [0.29, 0.717) is 5.56 Å². The van der Waals surface area contributed by atoms with E-state index >= 15 is 0 Å². The molecule has 0 saturated heterocycles. The summed E-state index contributed by atoms with van der Waals surface area (Å²) in [6.45, 7) is 0.0548. The second-order valence-corrected chi connectivity index (χ2v) is 6.12. The maximum Gasteiger partial charge on any atom is 0.416 e. The molecule has 0 aliphatic heterocycles. The number of fused-ring (bicyclic) bond motifs is 1. The Morgan fingerprint density at radius 1 is 1.12 bits per heavy atom. The van der Waals surface area contributed by atoms with Crippen LogP contribution < -0.4 is 5.32 Å². The molecule has 3 aromatic rings. The van der Waals surface area contributed by atoms with Crippen LogP contribution in [0.5, 0.6) is 0 Å². The number of hydrogen-bond donors (Lipinski definition) is 1. The summed E-state index contributed by atoms with van der Waals surface area (Å²) in [4.78, 5) is 12.2. The third-order valence-corrected chi connectivity index (χ3v) is 4.45. The van der Waals surface area contributed by atoms with Crippen LogP contribution in [0.4, 0.5) is 13.2 Å². The lowest BCUT2D eigenvalue weighted by Crippen LogP contribution is -2.23. The zero-order chi connectivity index (χ0) is 17.9. The van der Waals surface area contributed by atoms with Gasteiger partial charge < -0.3 is 5.32 Å². The molecule has 1 heterocycles. The minimum atomic E-state index is -4.40. The number of hydrogen-bond acceptors (Lipinski definition) is 2. The molecule has 0 bridgehead atoms. The van der Waals surface area contributed by atoms with Crippen LogP contribution in [-0.2, 0) is 6.18 Å². The van der Waals surface area contributed by atoms with E-state index in [0.717, 1.165) is 22.2 Å². The van der Waals surface area contributed by atoms with E-state index in [2.05, 4.69) is 17.2 Å². The van der Waals surface area contributed by atoms with Crippen LogP contribution in [0, 0.1) is 11.8 Å². The molecule has 0 spiro atoms. The molecule has 0 atom stereocenters. The lowest BCUT2D eigenvalue weighted by Gasteiger charge is -2.05. The Hall–Kier alpha value is -2.78. The Kier molecular flexibility index (Phi) is 4.77. The van der Waals surface area contributed by atoms with E-state index in [-0.39, 0.29) is 18.0 Å². The number of carbonyl (C=O) groups is 1. The molecule has 2 nitrogen and oxygen atoms in total. The topological polar surface area (TPSA) is 29.1 Å². The van der Waals surface area contributed by atoms with Gasteiger partial charge >= 0.3 is 6.18 Å². The Morgan fingerprint density at radius 2 is 1.92 bits per heavy atom. The van der Waals surface area contributed by atoms with E-state index in [1.165, 1.54) is 23.5 Å². The van der Waals surface area contributed by atoms with E-state index < -0.39 is 11.7 Å². The quantitative estimate of drug-likeness (QED) is 0.660. The number of rotatable bonds is 2.